The number of nitrogens with one attached hydrogen (secondary N) is 1. The third-order valence-corrected chi connectivity index (χ3v) is 7.71. The lowest BCUT2D eigenvalue weighted by molar-refractivity contribution is 0.102. The second kappa shape index (κ2) is 12.0. The Morgan fingerprint density at radius 2 is 1.62 bits per heavy atom. The van der Waals surface area contributed by atoms with E-state index in [1.165, 1.54) is 45.6 Å². The normalized spacial score (nSPS) is 11.5. The quantitative estimate of drug-likeness (QED) is 0.227. The van der Waals surface area contributed by atoms with Crippen molar-refractivity contribution in [1.29, 1.82) is 0 Å². The fraction of sp³-hybridized carbons (Fsp3) is 0.179. The van der Waals surface area contributed by atoms with Gasteiger partial charge >= 0.3 is 0 Å². The van der Waals surface area contributed by atoms with Crippen molar-refractivity contribution < 1.29 is 37.6 Å². The van der Waals surface area contributed by atoms with E-state index >= 15 is 0 Å². The third-order valence-electron chi connectivity index (χ3n) is 6.02. The topological polar surface area (TPSA) is 156 Å². The highest BCUT2D eigenvalue weighted by Gasteiger charge is 2.21. The van der Waals surface area contributed by atoms with Crippen LogP contribution in [0.15, 0.2) is 81.9 Å². The van der Waals surface area contributed by atoms with Crippen LogP contribution < -0.4 is 19.5 Å². The molecule has 0 radical (unpaired) electrons. The van der Waals surface area contributed by atoms with E-state index < -0.39 is 33.9 Å². The Bertz CT molecular complexity index is 1700. The standard InChI is InChI=1S/C28H27N3O8S/c1-37-18-8-10-24(38-2)22(15-18)29-28(34)21-14-17-6-4-5-7-20(17)26(27(21)33)31-30-23-16-19(9-11-25(23)39-3)40(35,36)13-12-32/h4-11,14-16,32-33H,12-13H2,1-3H3,(H,29,34). The number of aliphatic hydroxyl groups excluding tert-OH is 1. The van der Waals surface area contributed by atoms with Gasteiger partial charge in [0.05, 0.1) is 49.8 Å². The highest BCUT2D eigenvalue weighted by Crippen LogP contribution is 2.41. The van der Waals surface area contributed by atoms with Crippen molar-refractivity contribution >= 4 is 43.6 Å². The molecule has 0 fully saturated rings. The van der Waals surface area contributed by atoms with Gasteiger partial charge in [0.25, 0.3) is 5.91 Å². The van der Waals surface area contributed by atoms with Crippen molar-refractivity contribution in [2.45, 2.75) is 4.90 Å². The van der Waals surface area contributed by atoms with Crippen LogP contribution in [0.1, 0.15) is 10.4 Å². The molecule has 4 rings (SSSR count). The molecular formula is C28H27N3O8S. The molecule has 0 heterocycles. The molecule has 40 heavy (non-hydrogen) atoms. The lowest BCUT2D eigenvalue weighted by Gasteiger charge is -2.14. The number of carbonyl (C=O) groups excluding carboxylic acids is 1. The van der Waals surface area contributed by atoms with E-state index in [0.717, 1.165) is 0 Å². The number of nitrogens with zero attached hydrogens (tertiary/aromatic N) is 2. The van der Waals surface area contributed by atoms with Gasteiger partial charge in [-0.15, -0.1) is 10.2 Å². The maximum absolute atomic E-state index is 13.3. The van der Waals surface area contributed by atoms with Crippen molar-refractivity contribution in [3.8, 4) is 23.0 Å². The van der Waals surface area contributed by atoms with E-state index in [2.05, 4.69) is 15.5 Å². The average Bonchev–Trinajstić information content (AvgIpc) is 2.96. The first kappa shape index (κ1) is 28.3. The number of hydrogen-bond acceptors (Lipinski definition) is 10. The Morgan fingerprint density at radius 1 is 0.900 bits per heavy atom. The molecule has 12 heteroatoms. The van der Waals surface area contributed by atoms with E-state index in [9.17, 15) is 18.3 Å². The number of hydrogen-bond donors (Lipinski definition) is 3. The van der Waals surface area contributed by atoms with E-state index in [1.54, 1.807) is 42.5 Å². The second-order valence-corrected chi connectivity index (χ2v) is 10.5. The summed E-state index contributed by atoms with van der Waals surface area (Å²) in [4.78, 5) is 13.3. The number of phenolic OH excluding ortho intramolecular Hbond substituents is 1. The molecular weight excluding hydrogens is 538 g/mol. The lowest BCUT2D eigenvalue weighted by Crippen LogP contribution is -2.13. The number of aromatic hydroxyl groups is 1. The fourth-order valence-electron chi connectivity index (χ4n) is 3.98. The van der Waals surface area contributed by atoms with Crippen LogP contribution >= 0.6 is 0 Å². The highest BCUT2D eigenvalue weighted by atomic mass is 32.2. The van der Waals surface area contributed by atoms with Gasteiger partial charge < -0.3 is 29.7 Å². The van der Waals surface area contributed by atoms with Gasteiger partial charge in [0.1, 0.15) is 28.6 Å². The third kappa shape index (κ3) is 5.82. The monoisotopic (exact) mass is 565 g/mol. The van der Waals surface area contributed by atoms with Gasteiger partial charge in [-0.3, -0.25) is 4.79 Å². The van der Waals surface area contributed by atoms with Crippen molar-refractivity contribution in [2.24, 2.45) is 10.2 Å². The van der Waals surface area contributed by atoms with Gasteiger partial charge in [-0.2, -0.15) is 0 Å². The first-order chi connectivity index (χ1) is 19.2. The Labute approximate surface area is 230 Å². The van der Waals surface area contributed by atoms with Crippen LogP contribution in [0.2, 0.25) is 0 Å². The maximum atomic E-state index is 13.3. The van der Waals surface area contributed by atoms with Crippen molar-refractivity contribution in [1.82, 2.24) is 0 Å². The van der Waals surface area contributed by atoms with Gasteiger partial charge in [0.2, 0.25) is 0 Å². The van der Waals surface area contributed by atoms with Gasteiger partial charge in [-0.25, -0.2) is 8.42 Å². The fourth-order valence-corrected chi connectivity index (χ4v) is 5.02. The molecule has 0 atom stereocenters. The molecule has 0 aliphatic rings. The van der Waals surface area contributed by atoms with E-state index in [-0.39, 0.29) is 27.6 Å². The summed E-state index contributed by atoms with van der Waals surface area (Å²) < 4.78 is 40.8. The molecule has 0 saturated heterocycles. The number of fused-ring (bicyclic) bond motifs is 1. The Hall–Kier alpha value is -4.68. The number of benzene rings is 4. The van der Waals surface area contributed by atoms with Crippen LogP contribution in [-0.4, -0.2) is 58.2 Å². The SMILES string of the molecule is COc1ccc(OC)c(NC(=O)c2cc3ccccc3c(N=Nc3cc(S(=O)(=O)CCO)ccc3OC)c2O)c1. The molecule has 0 bridgehead atoms. The summed E-state index contributed by atoms with van der Waals surface area (Å²) in [6, 6.07) is 17.4. The number of rotatable bonds is 10. The number of methoxy groups -OCH3 is 3. The number of anilines is 1. The largest absolute Gasteiger partial charge is 0.505 e. The number of sulfone groups is 1. The number of azo groups is 1. The smallest absolute Gasteiger partial charge is 0.259 e. The summed E-state index contributed by atoms with van der Waals surface area (Å²) >= 11 is 0. The Morgan fingerprint density at radius 3 is 2.33 bits per heavy atom. The van der Waals surface area contributed by atoms with Crippen molar-refractivity contribution in [2.75, 3.05) is 39.0 Å². The number of phenols is 1. The molecule has 208 valence electrons. The molecule has 0 aliphatic carbocycles. The van der Waals surface area contributed by atoms with Crippen LogP contribution in [0.5, 0.6) is 23.0 Å². The summed E-state index contributed by atoms with van der Waals surface area (Å²) in [6.07, 6.45) is 0. The van der Waals surface area contributed by atoms with Crippen LogP contribution in [0, 0.1) is 0 Å². The van der Waals surface area contributed by atoms with E-state index in [0.29, 0.717) is 28.0 Å². The van der Waals surface area contributed by atoms with E-state index in [1.807, 2.05) is 0 Å². The van der Waals surface area contributed by atoms with Crippen LogP contribution in [0.25, 0.3) is 10.8 Å². The zero-order valence-corrected chi connectivity index (χ0v) is 22.7. The Kier molecular flexibility index (Phi) is 8.51. The van der Waals surface area contributed by atoms with Crippen LogP contribution in [0.3, 0.4) is 0 Å². The predicted molar refractivity (Wildman–Crippen MR) is 149 cm³/mol. The number of ether oxygens (including phenoxy) is 3. The molecule has 11 nitrogen and oxygen atoms in total. The van der Waals surface area contributed by atoms with Crippen molar-refractivity contribution in [3.63, 3.8) is 0 Å². The van der Waals surface area contributed by atoms with Crippen molar-refractivity contribution in [3.05, 3.63) is 72.3 Å². The second-order valence-electron chi connectivity index (χ2n) is 8.44. The van der Waals surface area contributed by atoms with Gasteiger partial charge in [-0.1, -0.05) is 24.3 Å². The molecule has 4 aromatic carbocycles. The highest BCUT2D eigenvalue weighted by molar-refractivity contribution is 7.91. The number of amides is 1. The van der Waals surface area contributed by atoms with Crippen LogP contribution in [0.4, 0.5) is 17.1 Å². The molecule has 1 amide bonds. The molecule has 0 aliphatic heterocycles. The average molecular weight is 566 g/mol. The minimum atomic E-state index is -3.77. The predicted octanol–water partition coefficient (Wildman–Crippen LogP) is 5.00. The molecule has 0 saturated carbocycles. The molecule has 3 N–H and O–H groups in total. The lowest BCUT2D eigenvalue weighted by atomic mass is 10.0. The number of carbonyl (C=O) groups is 1. The van der Waals surface area contributed by atoms with Gasteiger partial charge in [0, 0.05) is 11.5 Å². The molecule has 0 spiro atoms. The first-order valence-corrected chi connectivity index (χ1v) is 13.6. The van der Waals surface area contributed by atoms with Crippen LogP contribution in [-0.2, 0) is 9.84 Å². The summed E-state index contributed by atoms with van der Waals surface area (Å²) in [6.45, 7) is -0.540. The summed E-state index contributed by atoms with van der Waals surface area (Å²) in [5.41, 5.74) is 0.310. The first-order valence-electron chi connectivity index (χ1n) is 11.9. The minimum Gasteiger partial charge on any atom is -0.505 e. The summed E-state index contributed by atoms with van der Waals surface area (Å²) in [5, 5.41) is 32.5. The van der Waals surface area contributed by atoms with Gasteiger partial charge in [0.15, 0.2) is 15.6 Å². The summed E-state index contributed by atoms with van der Waals surface area (Å²) in [7, 11) is 0.572. The number of aliphatic hydroxyl groups is 1. The van der Waals surface area contributed by atoms with Gasteiger partial charge in [-0.05, 0) is 41.8 Å². The van der Waals surface area contributed by atoms with E-state index in [4.69, 9.17) is 19.3 Å². The molecule has 0 aromatic heterocycles. The summed E-state index contributed by atoms with van der Waals surface area (Å²) in [5.74, 6) is -0.431. The molecule has 0 unspecified atom stereocenters. The molecule has 4 aromatic rings. The Balaban J connectivity index is 1.80. The maximum Gasteiger partial charge on any atom is 0.259 e. The minimum absolute atomic E-state index is 0.00784. The zero-order chi connectivity index (χ0) is 28.9. The zero-order valence-electron chi connectivity index (χ0n) is 21.9.